The van der Waals surface area contributed by atoms with Crippen LogP contribution in [0.1, 0.15) is 17.7 Å². The van der Waals surface area contributed by atoms with Crippen LogP contribution >= 0.6 is 0 Å². The van der Waals surface area contributed by atoms with Gasteiger partial charge in [-0.25, -0.2) is 13.4 Å². The number of hydrogen-bond donors (Lipinski definition) is 1. The van der Waals surface area contributed by atoms with Gasteiger partial charge in [-0.3, -0.25) is 0 Å². The number of nitriles is 1. The Morgan fingerprint density at radius 3 is 2.59 bits per heavy atom. The van der Waals surface area contributed by atoms with E-state index in [4.69, 9.17) is 4.42 Å². The van der Waals surface area contributed by atoms with Crippen molar-refractivity contribution in [2.75, 3.05) is 18.9 Å². The molecule has 4 aromatic rings. The van der Waals surface area contributed by atoms with Crippen molar-refractivity contribution in [3.63, 3.8) is 0 Å². The van der Waals surface area contributed by atoms with E-state index in [0.717, 1.165) is 18.5 Å². The van der Waals surface area contributed by atoms with Gasteiger partial charge in [0.15, 0.2) is 0 Å². The highest BCUT2D eigenvalue weighted by molar-refractivity contribution is 7.89. The molecule has 174 valence electrons. The maximum absolute atomic E-state index is 12.9. The van der Waals surface area contributed by atoms with Gasteiger partial charge in [-0.15, -0.1) is 0 Å². The molecule has 0 aliphatic heterocycles. The van der Waals surface area contributed by atoms with Gasteiger partial charge in [-0.2, -0.15) is 14.6 Å². The Morgan fingerprint density at radius 2 is 1.91 bits per heavy atom. The molecule has 0 saturated carbocycles. The summed E-state index contributed by atoms with van der Waals surface area (Å²) in [4.78, 5) is 8.41. The number of imidazole rings is 1. The number of aromatic nitrogens is 3. The molecule has 0 fully saturated rings. The van der Waals surface area contributed by atoms with Gasteiger partial charge in [0, 0.05) is 44.6 Å². The Bertz CT molecular complexity index is 1360. The van der Waals surface area contributed by atoms with Gasteiger partial charge in [-0.05, 0) is 36.2 Å². The maximum atomic E-state index is 12.9. The van der Waals surface area contributed by atoms with Crippen LogP contribution < -0.4 is 5.32 Å². The predicted molar refractivity (Wildman–Crippen MR) is 127 cm³/mol. The molecule has 0 bridgehead atoms. The lowest BCUT2D eigenvalue weighted by molar-refractivity contribution is 0.466. The van der Waals surface area contributed by atoms with E-state index in [1.54, 1.807) is 31.7 Å². The number of benzene rings is 2. The first-order valence-corrected chi connectivity index (χ1v) is 12.1. The third kappa shape index (κ3) is 5.33. The third-order valence-corrected chi connectivity index (χ3v) is 7.05. The predicted octanol–water partition coefficient (Wildman–Crippen LogP) is 3.73. The van der Waals surface area contributed by atoms with Crippen LogP contribution in [0.3, 0.4) is 0 Å². The average molecular weight is 477 g/mol. The monoisotopic (exact) mass is 476 g/mol. The molecule has 34 heavy (non-hydrogen) atoms. The lowest BCUT2D eigenvalue weighted by Gasteiger charge is -2.17. The molecule has 0 amide bonds. The molecule has 9 nitrogen and oxygen atoms in total. The molecule has 10 heteroatoms. The Hall–Kier alpha value is -3.94. The van der Waals surface area contributed by atoms with Gasteiger partial charge < -0.3 is 14.3 Å². The average Bonchev–Trinajstić information content (AvgIpc) is 3.52. The van der Waals surface area contributed by atoms with E-state index in [-0.39, 0.29) is 23.0 Å². The van der Waals surface area contributed by atoms with Gasteiger partial charge in [-0.1, -0.05) is 30.3 Å². The lowest BCUT2D eigenvalue weighted by atomic mass is 10.2. The Balaban J connectivity index is 1.43. The molecule has 0 unspecified atom stereocenters. The molecule has 0 spiro atoms. The lowest BCUT2D eigenvalue weighted by Crippen LogP contribution is -2.26. The number of hydrogen-bond acceptors (Lipinski definition) is 7. The van der Waals surface area contributed by atoms with Crippen molar-refractivity contribution in [2.45, 2.75) is 24.4 Å². The summed E-state index contributed by atoms with van der Waals surface area (Å²) in [5.74, 6) is 0.540. The first-order valence-electron chi connectivity index (χ1n) is 10.7. The van der Waals surface area contributed by atoms with Crippen molar-refractivity contribution in [2.24, 2.45) is 0 Å². The van der Waals surface area contributed by atoms with E-state index in [1.807, 2.05) is 47.2 Å². The number of aryl methyl sites for hydroxylation is 1. The second kappa shape index (κ2) is 10.3. The van der Waals surface area contributed by atoms with Crippen molar-refractivity contribution >= 4 is 15.9 Å². The highest BCUT2D eigenvalue weighted by Crippen LogP contribution is 2.27. The minimum atomic E-state index is -3.67. The quantitative estimate of drug-likeness (QED) is 0.347. The molecule has 0 saturated heterocycles. The van der Waals surface area contributed by atoms with Crippen LogP contribution in [0, 0.1) is 11.3 Å². The van der Waals surface area contributed by atoms with Crippen LogP contribution in [0.2, 0.25) is 0 Å². The molecule has 4 rings (SSSR count). The fraction of sp³-hybridized carbons (Fsp3) is 0.208. The van der Waals surface area contributed by atoms with Crippen LogP contribution in [-0.4, -0.2) is 40.9 Å². The van der Waals surface area contributed by atoms with E-state index >= 15 is 0 Å². The van der Waals surface area contributed by atoms with E-state index in [2.05, 4.69) is 15.3 Å². The maximum Gasteiger partial charge on any atom is 0.243 e. The fourth-order valence-corrected chi connectivity index (χ4v) is 4.56. The van der Waals surface area contributed by atoms with Crippen molar-refractivity contribution in [1.29, 1.82) is 5.26 Å². The van der Waals surface area contributed by atoms with Crippen molar-refractivity contribution in [3.8, 4) is 17.5 Å². The normalized spacial score (nSPS) is 11.4. The molecule has 2 aromatic heterocycles. The summed E-state index contributed by atoms with van der Waals surface area (Å²) < 4.78 is 34.9. The molecule has 2 heterocycles. The van der Waals surface area contributed by atoms with Gasteiger partial charge in [0.1, 0.15) is 6.07 Å². The molecule has 0 radical (unpaired) electrons. The number of rotatable bonds is 10. The fourth-order valence-electron chi connectivity index (χ4n) is 3.40. The minimum absolute atomic E-state index is 0.150. The van der Waals surface area contributed by atoms with Crippen molar-refractivity contribution < 1.29 is 12.8 Å². The SMILES string of the molecule is CN(Cc1ccccc1)S(=O)(=O)c1ccc(-c2nc(C#N)c(NCCCn3ccnc3)o2)cc1. The number of anilines is 1. The Labute approximate surface area is 198 Å². The van der Waals surface area contributed by atoms with E-state index < -0.39 is 10.0 Å². The highest BCUT2D eigenvalue weighted by Gasteiger charge is 2.22. The van der Waals surface area contributed by atoms with E-state index in [0.29, 0.717) is 18.0 Å². The second-order valence-corrected chi connectivity index (χ2v) is 9.71. The first kappa shape index (κ1) is 23.2. The smallest absolute Gasteiger partial charge is 0.243 e. The molecule has 0 aliphatic carbocycles. The van der Waals surface area contributed by atoms with Crippen LogP contribution in [0.5, 0.6) is 0 Å². The van der Waals surface area contributed by atoms with Crippen LogP contribution in [0.15, 0.2) is 82.6 Å². The van der Waals surface area contributed by atoms with Crippen LogP contribution in [0.25, 0.3) is 11.5 Å². The zero-order valence-corrected chi connectivity index (χ0v) is 19.4. The van der Waals surface area contributed by atoms with Crippen LogP contribution in [-0.2, 0) is 23.1 Å². The third-order valence-electron chi connectivity index (χ3n) is 5.23. The number of nitrogens with one attached hydrogen (secondary N) is 1. The molecule has 0 aliphatic rings. The standard InChI is InChI=1S/C24H24N6O3S/c1-29(17-19-6-3-2-4-7-19)34(31,32)21-10-8-20(9-11-21)23-28-22(16-25)24(33-23)27-12-5-14-30-15-13-26-18-30/h2-4,6-11,13,15,18,27H,5,12,14,17H2,1H3. The summed E-state index contributed by atoms with van der Waals surface area (Å²) in [5, 5.41) is 12.5. The van der Waals surface area contributed by atoms with E-state index in [9.17, 15) is 13.7 Å². The molecule has 2 aromatic carbocycles. The van der Waals surface area contributed by atoms with Gasteiger partial charge >= 0.3 is 0 Å². The zero-order chi connectivity index (χ0) is 24.0. The first-order chi connectivity index (χ1) is 16.5. The van der Waals surface area contributed by atoms with Gasteiger partial charge in [0.25, 0.3) is 0 Å². The summed E-state index contributed by atoms with van der Waals surface area (Å²) in [5.41, 5.74) is 1.63. The summed E-state index contributed by atoms with van der Waals surface area (Å²) in [6, 6.07) is 17.7. The number of sulfonamides is 1. The Kier molecular flexibility index (Phi) is 7.06. The van der Waals surface area contributed by atoms with Crippen molar-refractivity contribution in [3.05, 3.63) is 84.6 Å². The van der Waals surface area contributed by atoms with Gasteiger partial charge in [0.2, 0.25) is 27.5 Å². The largest absolute Gasteiger partial charge is 0.419 e. The zero-order valence-electron chi connectivity index (χ0n) is 18.6. The molecular formula is C24H24N6O3S. The molecular weight excluding hydrogens is 452 g/mol. The Morgan fingerprint density at radius 1 is 1.15 bits per heavy atom. The summed E-state index contributed by atoms with van der Waals surface area (Å²) in [6.45, 7) is 1.64. The van der Waals surface area contributed by atoms with E-state index in [1.165, 1.54) is 16.4 Å². The second-order valence-electron chi connectivity index (χ2n) is 7.66. The molecule has 0 atom stereocenters. The summed E-state index contributed by atoms with van der Waals surface area (Å²) >= 11 is 0. The van der Waals surface area contributed by atoms with Crippen molar-refractivity contribution in [1.82, 2.24) is 18.8 Å². The topological polar surface area (TPSA) is 117 Å². The minimum Gasteiger partial charge on any atom is -0.419 e. The van der Waals surface area contributed by atoms with Gasteiger partial charge in [0.05, 0.1) is 11.2 Å². The summed E-state index contributed by atoms with van der Waals surface area (Å²) in [7, 11) is -2.12. The number of nitrogens with zero attached hydrogens (tertiary/aromatic N) is 5. The van der Waals surface area contributed by atoms with Crippen LogP contribution in [0.4, 0.5) is 5.88 Å². The summed E-state index contributed by atoms with van der Waals surface area (Å²) in [6.07, 6.45) is 6.16. The highest BCUT2D eigenvalue weighted by atomic mass is 32.2. The number of oxazole rings is 1. The molecule has 1 N–H and O–H groups in total.